The Balaban J connectivity index is 1.96. The van der Waals surface area contributed by atoms with Crippen LogP contribution in [0.1, 0.15) is 39.5 Å². The van der Waals surface area contributed by atoms with Gasteiger partial charge in [0.2, 0.25) is 0 Å². The quantitative estimate of drug-likeness (QED) is 0.941. The number of carbonyl (C=O) groups is 2. The first-order chi connectivity index (χ1) is 11.1. The van der Waals surface area contributed by atoms with E-state index in [4.69, 9.17) is 5.26 Å². The molecule has 23 heavy (non-hydrogen) atoms. The fourth-order valence-corrected chi connectivity index (χ4v) is 2.88. The van der Waals surface area contributed by atoms with Crippen molar-refractivity contribution in [3.63, 3.8) is 0 Å². The van der Waals surface area contributed by atoms with Crippen LogP contribution in [0.25, 0.3) is 0 Å². The molecule has 5 nitrogen and oxygen atoms in total. The van der Waals surface area contributed by atoms with Crippen molar-refractivity contribution >= 4 is 11.9 Å². The summed E-state index contributed by atoms with van der Waals surface area (Å²) in [4.78, 5) is 25.4. The number of benzene rings is 2. The third-order valence-corrected chi connectivity index (χ3v) is 4.02. The SMILES string of the molecule is N#Cc1ccc([C@H](CC(=O)O)N2Cc3ccccc3C2=O)cc1. The van der Waals surface area contributed by atoms with Gasteiger partial charge in [-0.1, -0.05) is 30.3 Å². The van der Waals surface area contributed by atoms with E-state index >= 15 is 0 Å². The monoisotopic (exact) mass is 306 g/mol. The summed E-state index contributed by atoms with van der Waals surface area (Å²) in [6.45, 7) is 0.396. The van der Waals surface area contributed by atoms with Gasteiger partial charge in [0.1, 0.15) is 0 Å². The summed E-state index contributed by atoms with van der Waals surface area (Å²) in [5, 5.41) is 18.1. The second kappa shape index (κ2) is 5.93. The second-order valence-electron chi connectivity index (χ2n) is 5.44. The number of aliphatic carboxylic acids is 1. The lowest BCUT2D eigenvalue weighted by Crippen LogP contribution is -2.30. The van der Waals surface area contributed by atoms with E-state index in [2.05, 4.69) is 0 Å². The van der Waals surface area contributed by atoms with E-state index in [9.17, 15) is 14.7 Å². The van der Waals surface area contributed by atoms with Crippen molar-refractivity contribution in [2.45, 2.75) is 19.0 Å². The molecule has 0 radical (unpaired) electrons. The average Bonchev–Trinajstić information content (AvgIpc) is 2.90. The minimum atomic E-state index is -0.969. The highest BCUT2D eigenvalue weighted by Gasteiger charge is 2.34. The van der Waals surface area contributed by atoms with Gasteiger partial charge in [-0.25, -0.2) is 0 Å². The second-order valence-corrected chi connectivity index (χ2v) is 5.44. The highest BCUT2D eigenvalue weighted by Crippen LogP contribution is 2.33. The summed E-state index contributed by atoms with van der Waals surface area (Å²) >= 11 is 0. The lowest BCUT2D eigenvalue weighted by atomic mass is 10.0. The van der Waals surface area contributed by atoms with Crippen molar-refractivity contribution in [1.82, 2.24) is 4.90 Å². The minimum Gasteiger partial charge on any atom is -0.481 e. The zero-order chi connectivity index (χ0) is 16.4. The van der Waals surface area contributed by atoms with E-state index in [0.717, 1.165) is 5.56 Å². The molecule has 2 aromatic carbocycles. The highest BCUT2D eigenvalue weighted by atomic mass is 16.4. The van der Waals surface area contributed by atoms with Gasteiger partial charge in [-0.15, -0.1) is 0 Å². The molecule has 3 rings (SSSR count). The molecule has 1 N–H and O–H groups in total. The van der Waals surface area contributed by atoms with Gasteiger partial charge in [0, 0.05) is 12.1 Å². The Bertz CT molecular complexity index is 806. The molecule has 1 heterocycles. The first kappa shape index (κ1) is 14.8. The summed E-state index contributed by atoms with van der Waals surface area (Å²) in [6.07, 6.45) is -0.175. The predicted molar refractivity (Wildman–Crippen MR) is 82.5 cm³/mol. The smallest absolute Gasteiger partial charge is 0.305 e. The lowest BCUT2D eigenvalue weighted by molar-refractivity contribution is -0.138. The lowest BCUT2D eigenvalue weighted by Gasteiger charge is -2.27. The molecule has 114 valence electrons. The van der Waals surface area contributed by atoms with Crippen LogP contribution >= 0.6 is 0 Å². The number of nitrogens with zero attached hydrogens (tertiary/aromatic N) is 2. The molecule has 1 atom stereocenters. The zero-order valence-electron chi connectivity index (χ0n) is 12.3. The Morgan fingerprint density at radius 2 is 1.91 bits per heavy atom. The maximum absolute atomic E-state index is 12.6. The van der Waals surface area contributed by atoms with Crippen LogP contribution in [0.3, 0.4) is 0 Å². The first-order valence-electron chi connectivity index (χ1n) is 7.21. The predicted octanol–water partition coefficient (Wildman–Crippen LogP) is 2.73. The van der Waals surface area contributed by atoms with Gasteiger partial charge < -0.3 is 10.0 Å². The molecular formula is C18H14N2O3. The number of rotatable bonds is 4. The van der Waals surface area contributed by atoms with Gasteiger partial charge in [0.25, 0.3) is 5.91 Å². The largest absolute Gasteiger partial charge is 0.481 e. The Labute approximate surface area is 133 Å². The maximum atomic E-state index is 12.6. The van der Waals surface area contributed by atoms with Crippen LogP contribution in [-0.4, -0.2) is 21.9 Å². The fraction of sp³-hybridized carbons (Fsp3) is 0.167. The van der Waals surface area contributed by atoms with Crippen molar-refractivity contribution in [1.29, 1.82) is 5.26 Å². The van der Waals surface area contributed by atoms with E-state index < -0.39 is 12.0 Å². The first-order valence-corrected chi connectivity index (χ1v) is 7.21. The van der Waals surface area contributed by atoms with Gasteiger partial charge >= 0.3 is 5.97 Å². The van der Waals surface area contributed by atoms with Crippen LogP contribution in [0.2, 0.25) is 0 Å². The van der Waals surface area contributed by atoms with Gasteiger partial charge in [-0.3, -0.25) is 9.59 Å². The van der Waals surface area contributed by atoms with E-state index in [1.54, 1.807) is 41.3 Å². The van der Waals surface area contributed by atoms with Crippen LogP contribution in [0.4, 0.5) is 0 Å². The molecule has 0 fully saturated rings. The van der Waals surface area contributed by atoms with Crippen molar-refractivity contribution in [3.8, 4) is 6.07 Å². The van der Waals surface area contributed by atoms with Crippen molar-refractivity contribution < 1.29 is 14.7 Å². The van der Waals surface area contributed by atoms with Gasteiger partial charge in [0.05, 0.1) is 24.1 Å². The van der Waals surface area contributed by atoms with E-state index in [1.165, 1.54) is 0 Å². The van der Waals surface area contributed by atoms with Crippen molar-refractivity contribution in [2.75, 3.05) is 0 Å². The third kappa shape index (κ3) is 2.79. The van der Waals surface area contributed by atoms with Gasteiger partial charge in [-0.05, 0) is 29.3 Å². The number of amides is 1. The Kier molecular flexibility index (Phi) is 3.82. The number of hydrogen-bond acceptors (Lipinski definition) is 3. The molecular weight excluding hydrogens is 292 g/mol. The summed E-state index contributed by atoms with van der Waals surface area (Å²) in [6, 6.07) is 15.5. The number of nitriles is 1. The molecule has 0 aromatic heterocycles. The summed E-state index contributed by atoms with van der Waals surface area (Å²) in [5.41, 5.74) is 2.74. The van der Waals surface area contributed by atoms with E-state index in [-0.39, 0.29) is 12.3 Å². The zero-order valence-corrected chi connectivity index (χ0v) is 12.3. The van der Waals surface area contributed by atoms with Crippen LogP contribution in [0.15, 0.2) is 48.5 Å². The molecule has 0 unspecified atom stereocenters. The Morgan fingerprint density at radius 3 is 2.52 bits per heavy atom. The van der Waals surface area contributed by atoms with Crippen molar-refractivity contribution in [2.24, 2.45) is 0 Å². The molecule has 1 amide bonds. The molecule has 0 spiro atoms. The Morgan fingerprint density at radius 1 is 1.22 bits per heavy atom. The number of carboxylic acids is 1. The molecule has 0 saturated carbocycles. The number of hydrogen-bond donors (Lipinski definition) is 1. The fourth-order valence-electron chi connectivity index (χ4n) is 2.88. The summed E-state index contributed by atoms with van der Waals surface area (Å²) in [5.74, 6) is -1.13. The molecule has 0 saturated heterocycles. The molecule has 0 aliphatic carbocycles. The van der Waals surface area contributed by atoms with Crippen LogP contribution in [0.5, 0.6) is 0 Å². The van der Waals surface area contributed by atoms with Gasteiger partial charge in [0.15, 0.2) is 0 Å². The average molecular weight is 306 g/mol. The standard InChI is InChI=1S/C18H14N2O3/c19-10-12-5-7-13(8-6-12)16(9-17(21)22)20-11-14-3-1-2-4-15(14)18(20)23/h1-8,16H,9,11H2,(H,21,22)/t16-/m0/s1. The molecule has 2 aromatic rings. The molecule has 0 bridgehead atoms. The summed E-state index contributed by atoms with van der Waals surface area (Å²) in [7, 11) is 0. The van der Waals surface area contributed by atoms with E-state index in [1.807, 2.05) is 18.2 Å². The number of carbonyl (C=O) groups excluding carboxylic acids is 1. The van der Waals surface area contributed by atoms with Crippen LogP contribution in [-0.2, 0) is 11.3 Å². The third-order valence-electron chi connectivity index (χ3n) is 4.02. The highest BCUT2D eigenvalue weighted by molar-refractivity contribution is 5.98. The summed E-state index contributed by atoms with van der Waals surface area (Å²) < 4.78 is 0. The molecule has 1 aliphatic rings. The number of fused-ring (bicyclic) bond motifs is 1. The molecule has 5 heteroatoms. The van der Waals surface area contributed by atoms with E-state index in [0.29, 0.717) is 23.2 Å². The van der Waals surface area contributed by atoms with Gasteiger partial charge in [-0.2, -0.15) is 5.26 Å². The molecule has 1 aliphatic heterocycles. The maximum Gasteiger partial charge on any atom is 0.305 e. The minimum absolute atomic E-state index is 0.156. The normalized spacial score (nSPS) is 14.2. The van der Waals surface area contributed by atoms with Crippen LogP contribution in [0, 0.1) is 11.3 Å². The topological polar surface area (TPSA) is 81.4 Å². The van der Waals surface area contributed by atoms with Crippen LogP contribution < -0.4 is 0 Å². The Hall–Kier alpha value is -3.13. The number of carboxylic acid groups (broad SMARTS) is 1. The van der Waals surface area contributed by atoms with Crippen molar-refractivity contribution in [3.05, 3.63) is 70.8 Å².